The maximum Gasteiger partial charge on any atom is 0.182 e. The van der Waals surface area contributed by atoms with Crippen molar-refractivity contribution in [3.63, 3.8) is 0 Å². The molecule has 0 saturated carbocycles. The summed E-state index contributed by atoms with van der Waals surface area (Å²) in [6.45, 7) is 2.01. The molecule has 0 atom stereocenters. The molecule has 0 aliphatic rings. The predicted octanol–water partition coefficient (Wildman–Crippen LogP) is 4.04. The summed E-state index contributed by atoms with van der Waals surface area (Å²) in [4.78, 5) is 0.327. The fourth-order valence-corrected chi connectivity index (χ4v) is 4.80. The van der Waals surface area contributed by atoms with Crippen LogP contribution in [-0.4, -0.2) is 23.1 Å². The van der Waals surface area contributed by atoms with Crippen LogP contribution in [0.4, 0.5) is 0 Å². The Labute approximate surface area is 160 Å². The first kappa shape index (κ1) is 19.3. The zero-order valence-electron chi connectivity index (χ0n) is 15.1. The van der Waals surface area contributed by atoms with E-state index in [-0.39, 0.29) is 15.5 Å². The molecule has 140 valence electrons. The van der Waals surface area contributed by atoms with Crippen molar-refractivity contribution in [1.82, 2.24) is 0 Å². The van der Waals surface area contributed by atoms with Crippen molar-refractivity contribution in [2.45, 2.75) is 22.5 Å². The van der Waals surface area contributed by atoms with Gasteiger partial charge >= 0.3 is 0 Å². The molecular formula is C21H20O4S2. The number of hydrogen-bond donors (Lipinski definition) is 0. The van der Waals surface area contributed by atoms with E-state index < -0.39 is 19.7 Å². The third kappa shape index (κ3) is 4.64. The van der Waals surface area contributed by atoms with Gasteiger partial charge in [-0.2, -0.15) is 0 Å². The molecule has 0 bridgehead atoms. The maximum absolute atomic E-state index is 12.7. The van der Waals surface area contributed by atoms with Gasteiger partial charge in [0.15, 0.2) is 19.7 Å². The van der Waals surface area contributed by atoms with Crippen molar-refractivity contribution in [2.24, 2.45) is 0 Å². The van der Waals surface area contributed by atoms with Gasteiger partial charge in [0.25, 0.3) is 0 Å². The lowest BCUT2D eigenvalue weighted by atomic mass is 10.0. The van der Waals surface area contributed by atoms with E-state index in [2.05, 4.69) is 0 Å². The second kappa shape index (κ2) is 7.29. The summed E-state index contributed by atoms with van der Waals surface area (Å²) >= 11 is 0. The molecule has 0 amide bonds. The molecule has 0 spiro atoms. The highest BCUT2D eigenvalue weighted by atomic mass is 32.2. The third-order valence-electron chi connectivity index (χ3n) is 4.28. The van der Waals surface area contributed by atoms with Gasteiger partial charge in [0, 0.05) is 6.26 Å². The van der Waals surface area contributed by atoms with E-state index in [0.29, 0.717) is 5.56 Å². The first-order valence-corrected chi connectivity index (χ1v) is 11.9. The SMILES string of the molecule is Cc1ccc(-c2ccc(S(=O)(=O)Cc3cccc(S(C)(=O)=O)c3)cc2)cc1. The Balaban J connectivity index is 1.86. The van der Waals surface area contributed by atoms with Crippen LogP contribution < -0.4 is 0 Å². The van der Waals surface area contributed by atoms with Crippen molar-refractivity contribution in [1.29, 1.82) is 0 Å². The molecule has 4 nitrogen and oxygen atoms in total. The van der Waals surface area contributed by atoms with Gasteiger partial charge in [-0.25, -0.2) is 16.8 Å². The summed E-state index contributed by atoms with van der Waals surface area (Å²) in [6.07, 6.45) is 1.10. The molecule has 0 aliphatic heterocycles. The van der Waals surface area contributed by atoms with Crippen LogP contribution in [0.5, 0.6) is 0 Å². The Hall–Kier alpha value is -2.44. The average Bonchev–Trinajstić information content (AvgIpc) is 2.62. The van der Waals surface area contributed by atoms with E-state index in [0.717, 1.165) is 22.9 Å². The van der Waals surface area contributed by atoms with Crippen LogP contribution in [0.1, 0.15) is 11.1 Å². The van der Waals surface area contributed by atoms with Gasteiger partial charge in [-0.1, -0.05) is 54.1 Å². The highest BCUT2D eigenvalue weighted by molar-refractivity contribution is 7.91. The molecule has 3 aromatic carbocycles. The fourth-order valence-electron chi connectivity index (χ4n) is 2.77. The maximum atomic E-state index is 12.7. The second-order valence-electron chi connectivity index (χ2n) is 6.57. The first-order valence-electron chi connectivity index (χ1n) is 8.34. The van der Waals surface area contributed by atoms with Gasteiger partial charge < -0.3 is 0 Å². The molecule has 0 unspecified atom stereocenters. The van der Waals surface area contributed by atoms with Crippen LogP contribution in [0.25, 0.3) is 11.1 Å². The van der Waals surface area contributed by atoms with Crippen LogP contribution in [0.2, 0.25) is 0 Å². The van der Waals surface area contributed by atoms with E-state index in [1.807, 2.05) is 31.2 Å². The lowest BCUT2D eigenvalue weighted by molar-refractivity contribution is 0.594. The molecule has 3 aromatic rings. The van der Waals surface area contributed by atoms with Gasteiger partial charge in [0.2, 0.25) is 0 Å². The zero-order valence-corrected chi connectivity index (χ0v) is 16.7. The first-order chi connectivity index (χ1) is 12.6. The lowest BCUT2D eigenvalue weighted by Gasteiger charge is -2.08. The minimum absolute atomic E-state index is 0.116. The second-order valence-corrected chi connectivity index (χ2v) is 10.6. The van der Waals surface area contributed by atoms with E-state index in [4.69, 9.17) is 0 Å². The number of sulfone groups is 2. The Morgan fingerprint density at radius 3 is 1.81 bits per heavy atom. The number of hydrogen-bond acceptors (Lipinski definition) is 4. The van der Waals surface area contributed by atoms with Crippen molar-refractivity contribution < 1.29 is 16.8 Å². The molecule has 0 fully saturated rings. The van der Waals surface area contributed by atoms with Gasteiger partial charge in [-0.05, 0) is 47.9 Å². The monoisotopic (exact) mass is 400 g/mol. The largest absolute Gasteiger partial charge is 0.224 e. The van der Waals surface area contributed by atoms with Crippen molar-refractivity contribution >= 4 is 19.7 Å². The Morgan fingerprint density at radius 2 is 1.26 bits per heavy atom. The molecule has 0 radical (unpaired) electrons. The van der Waals surface area contributed by atoms with Gasteiger partial charge in [0.1, 0.15) is 0 Å². The van der Waals surface area contributed by atoms with Crippen LogP contribution in [-0.2, 0) is 25.4 Å². The molecule has 0 heterocycles. The van der Waals surface area contributed by atoms with Crippen LogP contribution >= 0.6 is 0 Å². The Morgan fingerprint density at radius 1 is 0.704 bits per heavy atom. The van der Waals surface area contributed by atoms with Crippen LogP contribution in [0.15, 0.2) is 82.6 Å². The molecule has 0 N–H and O–H groups in total. The molecule has 27 heavy (non-hydrogen) atoms. The molecule has 0 aliphatic carbocycles. The Kier molecular flexibility index (Phi) is 5.22. The highest BCUT2D eigenvalue weighted by Gasteiger charge is 2.17. The normalized spacial score (nSPS) is 12.1. The van der Waals surface area contributed by atoms with E-state index in [1.165, 1.54) is 12.1 Å². The minimum atomic E-state index is -3.58. The van der Waals surface area contributed by atoms with E-state index >= 15 is 0 Å². The molecule has 3 rings (SSSR count). The zero-order chi connectivity index (χ0) is 19.7. The van der Waals surface area contributed by atoms with Crippen molar-refractivity contribution in [3.05, 3.63) is 83.9 Å². The van der Waals surface area contributed by atoms with Crippen LogP contribution in [0.3, 0.4) is 0 Å². The quantitative estimate of drug-likeness (QED) is 0.648. The smallest absolute Gasteiger partial charge is 0.182 e. The fraction of sp³-hybridized carbons (Fsp3) is 0.143. The Bertz CT molecular complexity index is 1160. The lowest BCUT2D eigenvalue weighted by Crippen LogP contribution is -2.06. The number of aryl methyl sites for hydroxylation is 1. The predicted molar refractivity (Wildman–Crippen MR) is 107 cm³/mol. The van der Waals surface area contributed by atoms with Gasteiger partial charge in [-0.15, -0.1) is 0 Å². The summed E-state index contributed by atoms with van der Waals surface area (Å²) in [5.74, 6) is -0.250. The van der Waals surface area contributed by atoms with E-state index in [9.17, 15) is 16.8 Å². The van der Waals surface area contributed by atoms with Gasteiger partial charge in [0.05, 0.1) is 15.5 Å². The highest BCUT2D eigenvalue weighted by Crippen LogP contribution is 2.24. The van der Waals surface area contributed by atoms with Crippen molar-refractivity contribution in [2.75, 3.05) is 6.26 Å². The standard InChI is InChI=1S/C21H20O4S2/c1-16-6-8-18(9-7-16)19-10-12-20(13-11-19)27(24,25)15-17-4-3-5-21(14-17)26(2,22)23/h3-14H,15H2,1-2H3. The topological polar surface area (TPSA) is 68.3 Å². The van der Waals surface area contributed by atoms with E-state index in [1.54, 1.807) is 36.4 Å². The van der Waals surface area contributed by atoms with Crippen LogP contribution in [0, 0.1) is 6.92 Å². The molecule has 0 saturated heterocycles. The summed E-state index contributed by atoms with van der Waals surface area (Å²) in [5.41, 5.74) is 3.56. The summed E-state index contributed by atoms with van der Waals surface area (Å²) in [7, 11) is -6.96. The molecule has 6 heteroatoms. The summed E-state index contributed by atoms with van der Waals surface area (Å²) in [5, 5.41) is 0. The average molecular weight is 401 g/mol. The summed E-state index contributed by atoms with van der Waals surface area (Å²) in [6, 6.07) is 20.8. The molecule has 0 aromatic heterocycles. The third-order valence-corrected chi connectivity index (χ3v) is 7.10. The number of rotatable bonds is 5. The summed E-state index contributed by atoms with van der Waals surface area (Å²) < 4.78 is 48.7. The van der Waals surface area contributed by atoms with Crippen molar-refractivity contribution in [3.8, 4) is 11.1 Å². The number of benzene rings is 3. The molecular weight excluding hydrogens is 380 g/mol. The minimum Gasteiger partial charge on any atom is -0.224 e. The van der Waals surface area contributed by atoms with Gasteiger partial charge in [-0.3, -0.25) is 0 Å².